The zero-order chi connectivity index (χ0) is 14.9. The molecule has 0 bridgehead atoms. The molecule has 3 aromatic rings. The van der Waals surface area contributed by atoms with Gasteiger partial charge in [-0.1, -0.05) is 18.2 Å². The first-order valence-corrected chi connectivity index (χ1v) is 7.61. The number of furan rings is 1. The summed E-state index contributed by atoms with van der Waals surface area (Å²) in [6.45, 7) is 1.47. The van der Waals surface area contributed by atoms with Crippen LogP contribution in [-0.4, -0.2) is 15.7 Å². The van der Waals surface area contributed by atoms with Crippen molar-refractivity contribution in [1.82, 2.24) is 15.1 Å². The van der Waals surface area contributed by atoms with Crippen molar-refractivity contribution in [3.8, 4) is 0 Å². The molecule has 2 aromatic heterocycles. The summed E-state index contributed by atoms with van der Waals surface area (Å²) in [5, 5.41) is 8.25. The highest BCUT2D eigenvalue weighted by atomic mass is 16.3. The summed E-state index contributed by atoms with van der Waals surface area (Å²) in [7, 11) is 0. The zero-order valence-corrected chi connectivity index (χ0v) is 12.2. The minimum absolute atomic E-state index is 0.188. The average Bonchev–Trinajstić information content (AvgIpc) is 3.16. The van der Waals surface area contributed by atoms with Crippen molar-refractivity contribution in [2.24, 2.45) is 0 Å². The number of para-hydroxylation sites is 1. The molecule has 5 nitrogen and oxygen atoms in total. The molecule has 0 fully saturated rings. The van der Waals surface area contributed by atoms with Gasteiger partial charge in [0, 0.05) is 29.7 Å². The molecule has 112 valence electrons. The van der Waals surface area contributed by atoms with Gasteiger partial charge >= 0.3 is 0 Å². The van der Waals surface area contributed by atoms with Crippen molar-refractivity contribution < 1.29 is 9.21 Å². The summed E-state index contributed by atoms with van der Waals surface area (Å²) in [6.07, 6.45) is 5.27. The molecule has 4 rings (SSSR count). The minimum Gasteiger partial charge on any atom is -0.451 e. The lowest BCUT2D eigenvalue weighted by atomic mass is 10.1. The molecule has 0 unspecified atom stereocenters. The van der Waals surface area contributed by atoms with Crippen LogP contribution in [0.15, 0.2) is 40.9 Å². The number of carbonyl (C=O) groups excluding carboxylic acids is 1. The molecule has 0 saturated heterocycles. The van der Waals surface area contributed by atoms with Crippen molar-refractivity contribution in [2.75, 3.05) is 0 Å². The summed E-state index contributed by atoms with van der Waals surface area (Å²) >= 11 is 0. The first kappa shape index (κ1) is 13.1. The number of aryl methyl sites for hydroxylation is 1. The number of nitrogens with one attached hydrogen (secondary N) is 1. The Bertz CT molecular complexity index is 798. The molecule has 1 aliphatic rings. The number of hydrogen-bond acceptors (Lipinski definition) is 3. The lowest BCUT2D eigenvalue weighted by molar-refractivity contribution is 0.0925. The number of amides is 1. The number of carbonyl (C=O) groups is 1. The molecule has 3 heterocycles. The molecular formula is C17H17N3O2. The molecule has 5 heteroatoms. The lowest BCUT2D eigenvalue weighted by Gasteiger charge is -2.14. The van der Waals surface area contributed by atoms with E-state index in [9.17, 15) is 4.79 Å². The van der Waals surface area contributed by atoms with Crippen LogP contribution in [-0.2, 0) is 19.5 Å². The largest absolute Gasteiger partial charge is 0.451 e. The van der Waals surface area contributed by atoms with E-state index in [4.69, 9.17) is 4.42 Å². The predicted molar refractivity (Wildman–Crippen MR) is 82.5 cm³/mol. The number of rotatable bonds is 3. The maximum Gasteiger partial charge on any atom is 0.287 e. The summed E-state index contributed by atoms with van der Waals surface area (Å²) in [6, 6.07) is 9.40. The van der Waals surface area contributed by atoms with Crippen LogP contribution >= 0.6 is 0 Å². The summed E-state index contributed by atoms with van der Waals surface area (Å²) < 4.78 is 7.63. The first-order chi connectivity index (χ1) is 10.8. The van der Waals surface area contributed by atoms with Gasteiger partial charge in [0.1, 0.15) is 5.58 Å². The van der Waals surface area contributed by atoms with Crippen LogP contribution in [0, 0.1) is 0 Å². The SMILES string of the molecule is O=C(NCc1cnn2c1CCCC2)c1cc2ccccc2o1. The van der Waals surface area contributed by atoms with Crippen molar-refractivity contribution in [2.45, 2.75) is 32.4 Å². The third kappa shape index (κ3) is 2.28. The third-order valence-electron chi connectivity index (χ3n) is 4.16. The Morgan fingerprint density at radius 2 is 2.23 bits per heavy atom. The van der Waals surface area contributed by atoms with Crippen molar-refractivity contribution >= 4 is 16.9 Å². The molecule has 1 amide bonds. The quantitative estimate of drug-likeness (QED) is 0.808. The smallest absolute Gasteiger partial charge is 0.287 e. The van der Waals surface area contributed by atoms with Gasteiger partial charge in [0.05, 0.1) is 6.20 Å². The van der Waals surface area contributed by atoms with E-state index in [-0.39, 0.29) is 5.91 Å². The van der Waals surface area contributed by atoms with Gasteiger partial charge in [-0.2, -0.15) is 5.10 Å². The normalized spacial score (nSPS) is 14.0. The van der Waals surface area contributed by atoms with Gasteiger partial charge in [-0.15, -0.1) is 0 Å². The number of aromatic nitrogens is 2. The molecule has 1 aromatic carbocycles. The Morgan fingerprint density at radius 1 is 1.32 bits per heavy atom. The second kappa shape index (κ2) is 5.33. The van der Waals surface area contributed by atoms with E-state index in [1.807, 2.05) is 35.1 Å². The van der Waals surface area contributed by atoms with Crippen molar-refractivity contribution in [3.63, 3.8) is 0 Å². The highest BCUT2D eigenvalue weighted by molar-refractivity contribution is 5.96. The molecule has 1 aliphatic heterocycles. The monoisotopic (exact) mass is 295 g/mol. The Balaban J connectivity index is 1.49. The molecule has 0 saturated carbocycles. The second-order valence-corrected chi connectivity index (χ2v) is 5.63. The van der Waals surface area contributed by atoms with E-state index in [2.05, 4.69) is 10.4 Å². The fourth-order valence-electron chi connectivity index (χ4n) is 2.99. The van der Waals surface area contributed by atoms with Crippen molar-refractivity contribution in [3.05, 3.63) is 53.5 Å². The molecule has 0 atom stereocenters. The van der Waals surface area contributed by atoms with Crippen LogP contribution in [0.3, 0.4) is 0 Å². The van der Waals surface area contributed by atoms with Gasteiger partial charge in [-0.05, 0) is 31.4 Å². The van der Waals surface area contributed by atoms with Crippen LogP contribution in [0.1, 0.15) is 34.7 Å². The molecule has 0 spiro atoms. The van der Waals surface area contributed by atoms with Crippen LogP contribution in [0.25, 0.3) is 11.0 Å². The fraction of sp³-hybridized carbons (Fsp3) is 0.294. The summed E-state index contributed by atoms with van der Waals surface area (Å²) in [5.41, 5.74) is 3.08. The van der Waals surface area contributed by atoms with Crippen LogP contribution in [0.4, 0.5) is 0 Å². The second-order valence-electron chi connectivity index (χ2n) is 5.63. The third-order valence-corrected chi connectivity index (χ3v) is 4.16. The molecule has 1 N–H and O–H groups in total. The number of hydrogen-bond donors (Lipinski definition) is 1. The number of fused-ring (bicyclic) bond motifs is 2. The number of benzene rings is 1. The van der Waals surface area contributed by atoms with E-state index in [1.54, 1.807) is 6.07 Å². The van der Waals surface area contributed by atoms with Gasteiger partial charge < -0.3 is 9.73 Å². The molecular weight excluding hydrogens is 278 g/mol. The first-order valence-electron chi connectivity index (χ1n) is 7.61. The summed E-state index contributed by atoms with van der Waals surface area (Å²) in [5.74, 6) is 0.161. The molecule has 0 radical (unpaired) electrons. The number of nitrogens with zero attached hydrogens (tertiary/aromatic N) is 2. The zero-order valence-electron chi connectivity index (χ0n) is 12.2. The van der Waals surface area contributed by atoms with E-state index >= 15 is 0 Å². The van der Waals surface area contributed by atoms with Gasteiger partial charge in [0.15, 0.2) is 5.76 Å². The van der Waals surface area contributed by atoms with Gasteiger partial charge in [-0.3, -0.25) is 9.48 Å². The predicted octanol–water partition coefficient (Wildman–Crippen LogP) is 2.90. The highest BCUT2D eigenvalue weighted by Gasteiger charge is 2.16. The van der Waals surface area contributed by atoms with E-state index < -0.39 is 0 Å². The molecule has 22 heavy (non-hydrogen) atoms. The van der Waals surface area contributed by atoms with E-state index in [0.29, 0.717) is 12.3 Å². The van der Waals surface area contributed by atoms with Crippen LogP contribution < -0.4 is 5.32 Å². The molecule has 0 aliphatic carbocycles. The topological polar surface area (TPSA) is 60.1 Å². The van der Waals surface area contributed by atoms with Crippen LogP contribution in [0.2, 0.25) is 0 Å². The maximum absolute atomic E-state index is 12.2. The van der Waals surface area contributed by atoms with Gasteiger partial charge in [-0.25, -0.2) is 0 Å². The van der Waals surface area contributed by atoms with Gasteiger partial charge in [0.25, 0.3) is 5.91 Å². The van der Waals surface area contributed by atoms with Gasteiger partial charge in [0.2, 0.25) is 0 Å². The van der Waals surface area contributed by atoms with E-state index in [1.165, 1.54) is 18.5 Å². The maximum atomic E-state index is 12.2. The minimum atomic E-state index is -0.188. The Hall–Kier alpha value is -2.56. The average molecular weight is 295 g/mol. The van der Waals surface area contributed by atoms with Crippen molar-refractivity contribution in [1.29, 1.82) is 0 Å². The summed E-state index contributed by atoms with van der Waals surface area (Å²) in [4.78, 5) is 12.2. The Morgan fingerprint density at radius 3 is 3.14 bits per heavy atom. The Kier molecular flexibility index (Phi) is 3.18. The fourth-order valence-corrected chi connectivity index (χ4v) is 2.99. The van der Waals surface area contributed by atoms with Crippen LogP contribution in [0.5, 0.6) is 0 Å². The van der Waals surface area contributed by atoms with E-state index in [0.717, 1.165) is 29.5 Å². The highest BCUT2D eigenvalue weighted by Crippen LogP contribution is 2.20. The lowest BCUT2D eigenvalue weighted by Crippen LogP contribution is -2.23. The Labute approximate surface area is 127 Å². The standard InChI is InChI=1S/C17H17N3O2/c21-17(16-9-12-5-1-2-7-15(12)22-16)18-10-13-11-19-20-8-4-3-6-14(13)20/h1-2,5,7,9,11H,3-4,6,8,10H2,(H,18,21).